The number of rotatable bonds is 3. The highest BCUT2D eigenvalue weighted by Crippen LogP contribution is 2.24. The molecule has 2 heterocycles. The van der Waals surface area contributed by atoms with Gasteiger partial charge in [0.25, 0.3) is 0 Å². The Labute approximate surface area is 101 Å². The van der Waals surface area contributed by atoms with Crippen molar-refractivity contribution < 1.29 is 9.53 Å². The smallest absolute Gasteiger partial charge is 0.233 e. The molecule has 0 radical (unpaired) electrons. The van der Waals surface area contributed by atoms with Crippen molar-refractivity contribution in [2.75, 3.05) is 32.1 Å². The molecule has 2 fully saturated rings. The monoisotopic (exact) mass is 244 g/mol. The minimum Gasteiger partial charge on any atom is -0.378 e. The van der Waals surface area contributed by atoms with E-state index in [1.165, 1.54) is 12.8 Å². The van der Waals surface area contributed by atoms with Crippen molar-refractivity contribution in [1.82, 2.24) is 10.6 Å². The second-order valence-electron chi connectivity index (χ2n) is 4.33. The van der Waals surface area contributed by atoms with Crippen molar-refractivity contribution in [3.63, 3.8) is 0 Å². The van der Waals surface area contributed by atoms with Gasteiger partial charge in [0.05, 0.1) is 18.5 Å². The Morgan fingerprint density at radius 3 is 3.12 bits per heavy atom. The van der Waals surface area contributed by atoms with Crippen LogP contribution in [0.15, 0.2) is 0 Å². The van der Waals surface area contributed by atoms with Gasteiger partial charge in [-0.3, -0.25) is 4.79 Å². The predicted octanol–water partition coefficient (Wildman–Crippen LogP) is 0.377. The molecule has 2 atom stereocenters. The van der Waals surface area contributed by atoms with Gasteiger partial charge in [-0.05, 0) is 18.6 Å². The molecule has 92 valence electrons. The summed E-state index contributed by atoms with van der Waals surface area (Å²) in [6.45, 7) is 3.07. The SMILES string of the molecule is O=C(NCC1COCCN1)C1CCCCS1. The van der Waals surface area contributed by atoms with E-state index in [9.17, 15) is 4.79 Å². The number of morpholine rings is 1. The number of hydrogen-bond acceptors (Lipinski definition) is 4. The van der Waals surface area contributed by atoms with E-state index >= 15 is 0 Å². The summed E-state index contributed by atoms with van der Waals surface area (Å²) in [5, 5.41) is 6.53. The molecule has 5 heteroatoms. The molecule has 1 amide bonds. The van der Waals surface area contributed by atoms with Crippen molar-refractivity contribution in [2.45, 2.75) is 30.6 Å². The Hall–Kier alpha value is -0.260. The highest BCUT2D eigenvalue weighted by molar-refractivity contribution is 8.00. The van der Waals surface area contributed by atoms with Crippen LogP contribution < -0.4 is 10.6 Å². The third-order valence-corrected chi connectivity index (χ3v) is 4.37. The highest BCUT2D eigenvalue weighted by Gasteiger charge is 2.22. The molecule has 2 saturated heterocycles. The summed E-state index contributed by atoms with van der Waals surface area (Å²) >= 11 is 1.79. The van der Waals surface area contributed by atoms with E-state index in [-0.39, 0.29) is 17.2 Å². The molecule has 16 heavy (non-hydrogen) atoms. The summed E-state index contributed by atoms with van der Waals surface area (Å²) in [4.78, 5) is 11.8. The summed E-state index contributed by atoms with van der Waals surface area (Å²) in [5.41, 5.74) is 0. The first-order valence-electron chi connectivity index (χ1n) is 6.07. The van der Waals surface area contributed by atoms with E-state index in [1.54, 1.807) is 11.8 Å². The molecule has 0 aliphatic carbocycles. The van der Waals surface area contributed by atoms with E-state index in [0.29, 0.717) is 13.2 Å². The molecule has 2 aliphatic heterocycles. The number of thioether (sulfide) groups is 1. The van der Waals surface area contributed by atoms with E-state index in [1.807, 2.05) is 0 Å². The minimum atomic E-state index is 0.179. The quantitative estimate of drug-likeness (QED) is 0.753. The topological polar surface area (TPSA) is 50.4 Å². The van der Waals surface area contributed by atoms with Crippen molar-refractivity contribution in [3.05, 3.63) is 0 Å². The molecule has 4 nitrogen and oxygen atoms in total. The van der Waals surface area contributed by atoms with Crippen LogP contribution >= 0.6 is 11.8 Å². The van der Waals surface area contributed by atoms with Crippen molar-refractivity contribution in [1.29, 1.82) is 0 Å². The standard InChI is InChI=1S/C11H20N2O2S/c14-11(10-3-1-2-6-16-10)13-7-9-8-15-5-4-12-9/h9-10,12H,1-8H2,(H,13,14). The maximum Gasteiger partial charge on any atom is 0.233 e. The fraction of sp³-hybridized carbons (Fsp3) is 0.909. The molecule has 0 aromatic heterocycles. The summed E-state index contributed by atoms with van der Waals surface area (Å²) in [5.74, 6) is 1.33. The number of carbonyl (C=O) groups excluding carboxylic acids is 1. The van der Waals surface area contributed by atoms with E-state index in [0.717, 1.165) is 25.3 Å². The normalized spacial score (nSPS) is 31.0. The molecule has 0 spiro atoms. The van der Waals surface area contributed by atoms with Gasteiger partial charge in [-0.15, -0.1) is 11.8 Å². The first kappa shape index (κ1) is 12.2. The Morgan fingerprint density at radius 2 is 2.44 bits per heavy atom. The molecular weight excluding hydrogens is 224 g/mol. The molecule has 2 aliphatic rings. The number of nitrogens with one attached hydrogen (secondary N) is 2. The molecular formula is C11H20N2O2S. The Balaban J connectivity index is 1.65. The van der Waals surface area contributed by atoms with E-state index < -0.39 is 0 Å². The zero-order chi connectivity index (χ0) is 11.2. The molecule has 0 saturated carbocycles. The summed E-state index contributed by atoms with van der Waals surface area (Å²) in [6, 6.07) is 0.284. The Morgan fingerprint density at radius 1 is 1.50 bits per heavy atom. The van der Waals surface area contributed by atoms with Crippen LogP contribution in [0, 0.1) is 0 Å². The molecule has 2 N–H and O–H groups in total. The Kier molecular flexibility index (Phi) is 4.93. The lowest BCUT2D eigenvalue weighted by Gasteiger charge is -2.26. The number of ether oxygens (including phenoxy) is 1. The van der Waals surface area contributed by atoms with Gasteiger partial charge in [-0.1, -0.05) is 6.42 Å². The van der Waals surface area contributed by atoms with Gasteiger partial charge in [0.15, 0.2) is 0 Å². The maximum atomic E-state index is 11.8. The lowest BCUT2D eigenvalue weighted by atomic mass is 10.2. The lowest BCUT2D eigenvalue weighted by Crippen LogP contribution is -2.49. The van der Waals surface area contributed by atoms with Crippen LogP contribution in [0.2, 0.25) is 0 Å². The van der Waals surface area contributed by atoms with Crippen LogP contribution in [0.25, 0.3) is 0 Å². The van der Waals surface area contributed by atoms with Gasteiger partial charge in [0, 0.05) is 19.1 Å². The third kappa shape index (κ3) is 3.64. The zero-order valence-corrected chi connectivity index (χ0v) is 10.4. The minimum absolute atomic E-state index is 0.179. The number of hydrogen-bond donors (Lipinski definition) is 2. The third-order valence-electron chi connectivity index (χ3n) is 2.99. The average Bonchev–Trinajstić information content (AvgIpc) is 2.38. The Bertz CT molecular complexity index is 226. The van der Waals surface area contributed by atoms with Gasteiger partial charge in [0.1, 0.15) is 0 Å². The second kappa shape index (κ2) is 6.47. The molecule has 0 aromatic carbocycles. The van der Waals surface area contributed by atoms with Crippen molar-refractivity contribution in [2.24, 2.45) is 0 Å². The summed E-state index contributed by atoms with van der Waals surface area (Å²) in [6.07, 6.45) is 3.48. The average molecular weight is 244 g/mol. The second-order valence-corrected chi connectivity index (χ2v) is 5.64. The molecule has 2 rings (SSSR count). The summed E-state index contributed by atoms with van der Waals surface area (Å²) in [7, 11) is 0. The van der Waals surface area contributed by atoms with Gasteiger partial charge in [0.2, 0.25) is 5.91 Å². The number of amides is 1. The molecule has 0 aromatic rings. The van der Waals surface area contributed by atoms with Crippen LogP contribution in [0.5, 0.6) is 0 Å². The first-order valence-corrected chi connectivity index (χ1v) is 7.11. The van der Waals surface area contributed by atoms with Gasteiger partial charge >= 0.3 is 0 Å². The van der Waals surface area contributed by atoms with Crippen LogP contribution in [-0.2, 0) is 9.53 Å². The van der Waals surface area contributed by atoms with Crippen LogP contribution in [0.1, 0.15) is 19.3 Å². The van der Waals surface area contributed by atoms with Crippen molar-refractivity contribution in [3.8, 4) is 0 Å². The zero-order valence-electron chi connectivity index (χ0n) is 9.54. The first-order chi connectivity index (χ1) is 7.86. The fourth-order valence-corrected chi connectivity index (χ4v) is 3.26. The van der Waals surface area contributed by atoms with Crippen LogP contribution in [-0.4, -0.2) is 49.3 Å². The maximum absolute atomic E-state index is 11.8. The van der Waals surface area contributed by atoms with Gasteiger partial charge in [-0.2, -0.15) is 0 Å². The molecule has 2 unspecified atom stereocenters. The van der Waals surface area contributed by atoms with Gasteiger partial charge < -0.3 is 15.4 Å². The van der Waals surface area contributed by atoms with Crippen molar-refractivity contribution >= 4 is 17.7 Å². The summed E-state index contributed by atoms with van der Waals surface area (Å²) < 4.78 is 5.34. The fourth-order valence-electron chi connectivity index (χ4n) is 2.04. The number of carbonyl (C=O) groups is 1. The van der Waals surface area contributed by atoms with Gasteiger partial charge in [-0.25, -0.2) is 0 Å². The lowest BCUT2D eigenvalue weighted by molar-refractivity contribution is -0.121. The predicted molar refractivity (Wildman–Crippen MR) is 65.7 cm³/mol. The van der Waals surface area contributed by atoms with E-state index in [2.05, 4.69) is 10.6 Å². The largest absolute Gasteiger partial charge is 0.378 e. The molecule has 0 bridgehead atoms. The van der Waals surface area contributed by atoms with Crippen LogP contribution in [0.4, 0.5) is 0 Å². The van der Waals surface area contributed by atoms with E-state index in [4.69, 9.17) is 4.74 Å². The van der Waals surface area contributed by atoms with Crippen LogP contribution in [0.3, 0.4) is 0 Å². The highest BCUT2D eigenvalue weighted by atomic mass is 32.2.